The minimum Gasteiger partial charge on any atom is -0.495 e. The van der Waals surface area contributed by atoms with Crippen molar-refractivity contribution in [3.05, 3.63) is 23.2 Å². The molecule has 0 saturated carbocycles. The number of amides is 1. The second kappa shape index (κ2) is 6.46. The highest BCUT2D eigenvalue weighted by atomic mass is 35.5. The molecule has 22 heavy (non-hydrogen) atoms. The van der Waals surface area contributed by atoms with Crippen molar-refractivity contribution in [2.24, 2.45) is 0 Å². The molecule has 11 heteroatoms. The van der Waals surface area contributed by atoms with Gasteiger partial charge in [-0.15, -0.1) is 10.2 Å². The van der Waals surface area contributed by atoms with Crippen LogP contribution < -0.4 is 14.8 Å². The predicted molar refractivity (Wildman–Crippen MR) is 83.0 cm³/mol. The van der Waals surface area contributed by atoms with E-state index in [9.17, 15) is 13.2 Å². The Balaban J connectivity index is 2.22. The first kappa shape index (κ1) is 16.5. The fraction of sp³-hybridized carbons (Fsp3) is 0.182. The predicted octanol–water partition coefficient (Wildman–Crippen LogP) is 1.96. The average molecular weight is 363 g/mol. The second-order valence-corrected chi connectivity index (χ2v) is 7.25. The number of nitrogens with zero attached hydrogens (tertiary/aromatic N) is 2. The van der Waals surface area contributed by atoms with Crippen LogP contribution in [0.5, 0.6) is 5.75 Å². The summed E-state index contributed by atoms with van der Waals surface area (Å²) in [6, 6.07) is 4.44. The third kappa shape index (κ3) is 3.84. The number of methoxy groups -OCH3 is 1. The van der Waals surface area contributed by atoms with Crippen LogP contribution in [0.1, 0.15) is 6.92 Å². The maximum atomic E-state index is 12.2. The highest BCUT2D eigenvalue weighted by Gasteiger charge is 2.21. The standard InChI is InChI=1S/C11H11ClN4O4S2/c1-6(17)13-10-14-15-11(21-10)22(18,19)16-7-3-4-9(20-2)8(12)5-7/h3-5,16H,1-2H3,(H,13,14,17). The molecule has 0 atom stereocenters. The SMILES string of the molecule is COc1ccc(NS(=O)(=O)c2nnc(NC(C)=O)s2)cc1Cl. The Kier molecular flexibility index (Phi) is 4.84. The van der Waals surface area contributed by atoms with Crippen molar-refractivity contribution in [3.63, 3.8) is 0 Å². The van der Waals surface area contributed by atoms with Gasteiger partial charge in [0.1, 0.15) is 5.75 Å². The number of nitrogens with one attached hydrogen (secondary N) is 2. The summed E-state index contributed by atoms with van der Waals surface area (Å²) in [7, 11) is -2.47. The average Bonchev–Trinajstić information content (AvgIpc) is 2.87. The van der Waals surface area contributed by atoms with Gasteiger partial charge in [-0.2, -0.15) is 8.42 Å². The van der Waals surface area contributed by atoms with Gasteiger partial charge in [0.05, 0.1) is 17.8 Å². The van der Waals surface area contributed by atoms with E-state index in [1.807, 2.05) is 0 Å². The van der Waals surface area contributed by atoms with Crippen molar-refractivity contribution in [2.75, 3.05) is 17.1 Å². The molecule has 1 aromatic carbocycles. The molecule has 2 N–H and O–H groups in total. The number of aromatic nitrogens is 2. The van der Waals surface area contributed by atoms with Crippen LogP contribution in [-0.2, 0) is 14.8 Å². The number of anilines is 2. The number of carbonyl (C=O) groups excluding carboxylic acids is 1. The number of hydrogen-bond acceptors (Lipinski definition) is 7. The molecule has 118 valence electrons. The fourth-order valence-corrected chi connectivity index (χ4v) is 3.70. The maximum Gasteiger partial charge on any atom is 0.291 e. The smallest absolute Gasteiger partial charge is 0.291 e. The lowest BCUT2D eigenvalue weighted by Gasteiger charge is -2.07. The Morgan fingerprint density at radius 2 is 2.09 bits per heavy atom. The van der Waals surface area contributed by atoms with Crippen LogP contribution in [0.2, 0.25) is 5.02 Å². The molecule has 2 rings (SSSR count). The van der Waals surface area contributed by atoms with Crippen LogP contribution in [0.3, 0.4) is 0 Å². The fourth-order valence-electron chi connectivity index (χ4n) is 1.45. The molecular formula is C11H11ClN4O4S2. The molecule has 1 amide bonds. The molecule has 0 fully saturated rings. The van der Waals surface area contributed by atoms with Crippen LogP contribution in [0.4, 0.5) is 10.8 Å². The minimum absolute atomic E-state index is 0.0978. The number of rotatable bonds is 5. The number of sulfonamides is 1. The van der Waals surface area contributed by atoms with E-state index in [1.54, 1.807) is 0 Å². The van der Waals surface area contributed by atoms with Crippen LogP contribution >= 0.6 is 22.9 Å². The first-order valence-electron chi connectivity index (χ1n) is 5.79. The van der Waals surface area contributed by atoms with Gasteiger partial charge in [-0.05, 0) is 18.2 Å². The van der Waals surface area contributed by atoms with Gasteiger partial charge in [0.15, 0.2) is 0 Å². The van der Waals surface area contributed by atoms with Gasteiger partial charge in [-0.1, -0.05) is 22.9 Å². The van der Waals surface area contributed by atoms with E-state index < -0.39 is 10.0 Å². The molecule has 0 saturated heterocycles. The lowest BCUT2D eigenvalue weighted by molar-refractivity contribution is -0.114. The highest BCUT2D eigenvalue weighted by Crippen LogP contribution is 2.29. The molecule has 0 aliphatic carbocycles. The summed E-state index contributed by atoms with van der Waals surface area (Å²) in [4.78, 5) is 10.9. The van der Waals surface area contributed by atoms with Gasteiger partial charge in [-0.3, -0.25) is 9.52 Å². The Labute approximate surface area is 135 Å². The summed E-state index contributed by atoms with van der Waals surface area (Å²) in [5.74, 6) is 0.0588. The third-order valence-electron chi connectivity index (χ3n) is 2.32. The zero-order valence-electron chi connectivity index (χ0n) is 11.5. The maximum absolute atomic E-state index is 12.2. The number of carbonyl (C=O) groups is 1. The summed E-state index contributed by atoms with van der Waals surface area (Å²) in [5, 5.41) is 9.84. The molecule has 1 aromatic heterocycles. The highest BCUT2D eigenvalue weighted by molar-refractivity contribution is 7.94. The van der Waals surface area contributed by atoms with Crippen molar-refractivity contribution >= 4 is 49.7 Å². The molecule has 0 spiro atoms. The van der Waals surface area contributed by atoms with E-state index in [4.69, 9.17) is 16.3 Å². The van der Waals surface area contributed by atoms with Crippen molar-refractivity contribution in [1.82, 2.24) is 10.2 Å². The van der Waals surface area contributed by atoms with Crippen LogP contribution in [0.25, 0.3) is 0 Å². The second-order valence-electron chi connectivity index (χ2n) is 4.01. The summed E-state index contributed by atoms with van der Waals surface area (Å²) < 4.78 is 31.4. The van der Waals surface area contributed by atoms with Crippen molar-refractivity contribution in [2.45, 2.75) is 11.3 Å². The number of halogens is 1. The van der Waals surface area contributed by atoms with Crippen molar-refractivity contribution in [1.29, 1.82) is 0 Å². The molecule has 1 heterocycles. The van der Waals surface area contributed by atoms with E-state index in [-0.39, 0.29) is 26.1 Å². The van der Waals surface area contributed by atoms with Gasteiger partial charge >= 0.3 is 0 Å². The number of hydrogen-bond donors (Lipinski definition) is 2. The molecule has 0 bridgehead atoms. The first-order valence-corrected chi connectivity index (χ1v) is 8.47. The number of benzene rings is 1. The van der Waals surface area contributed by atoms with E-state index >= 15 is 0 Å². The largest absolute Gasteiger partial charge is 0.495 e. The van der Waals surface area contributed by atoms with Crippen molar-refractivity contribution < 1.29 is 17.9 Å². The zero-order valence-corrected chi connectivity index (χ0v) is 13.8. The van der Waals surface area contributed by atoms with Crippen LogP contribution in [-0.4, -0.2) is 31.6 Å². The molecule has 8 nitrogen and oxygen atoms in total. The summed E-state index contributed by atoms with van der Waals surface area (Å²) in [6.07, 6.45) is 0. The lowest BCUT2D eigenvalue weighted by atomic mass is 10.3. The zero-order chi connectivity index (χ0) is 16.3. The van der Waals surface area contributed by atoms with Crippen LogP contribution in [0.15, 0.2) is 22.5 Å². The topological polar surface area (TPSA) is 110 Å². The minimum atomic E-state index is -3.92. The summed E-state index contributed by atoms with van der Waals surface area (Å²) >= 11 is 6.67. The Morgan fingerprint density at radius 1 is 1.36 bits per heavy atom. The summed E-state index contributed by atoms with van der Waals surface area (Å²) in [6.45, 7) is 1.28. The first-order chi connectivity index (χ1) is 10.3. The van der Waals surface area contributed by atoms with Crippen molar-refractivity contribution in [3.8, 4) is 5.75 Å². The lowest BCUT2D eigenvalue weighted by Crippen LogP contribution is -2.12. The van der Waals surface area contributed by atoms with E-state index in [0.29, 0.717) is 5.75 Å². The van der Waals surface area contributed by atoms with Crippen LogP contribution in [0, 0.1) is 0 Å². The molecular weight excluding hydrogens is 352 g/mol. The van der Waals surface area contributed by atoms with E-state index in [0.717, 1.165) is 11.3 Å². The molecule has 0 aliphatic rings. The molecule has 0 radical (unpaired) electrons. The van der Waals surface area contributed by atoms with Gasteiger partial charge in [0, 0.05) is 6.92 Å². The normalized spacial score (nSPS) is 11.0. The van der Waals surface area contributed by atoms with Gasteiger partial charge in [0.2, 0.25) is 11.0 Å². The third-order valence-corrected chi connectivity index (χ3v) is 5.21. The Morgan fingerprint density at radius 3 is 2.68 bits per heavy atom. The Bertz CT molecular complexity index is 806. The number of ether oxygens (including phenoxy) is 1. The molecule has 0 unspecified atom stereocenters. The van der Waals surface area contributed by atoms with Gasteiger partial charge in [-0.25, -0.2) is 0 Å². The van der Waals surface area contributed by atoms with Gasteiger partial charge in [0.25, 0.3) is 14.4 Å². The van der Waals surface area contributed by atoms with E-state index in [2.05, 4.69) is 20.2 Å². The summed E-state index contributed by atoms with van der Waals surface area (Å²) in [5.41, 5.74) is 0.252. The quantitative estimate of drug-likeness (QED) is 0.786. The molecule has 2 aromatic rings. The monoisotopic (exact) mass is 362 g/mol. The van der Waals surface area contributed by atoms with E-state index in [1.165, 1.54) is 32.2 Å². The molecule has 0 aliphatic heterocycles. The van der Waals surface area contributed by atoms with Gasteiger partial charge < -0.3 is 10.1 Å². The Hall–Kier alpha value is -1.91.